The van der Waals surface area contributed by atoms with Crippen LogP contribution in [-0.4, -0.2) is 110 Å². The van der Waals surface area contributed by atoms with Gasteiger partial charge in [-0.2, -0.15) is 0 Å². The van der Waals surface area contributed by atoms with Crippen molar-refractivity contribution in [3.05, 3.63) is 0 Å². The molecule has 0 aliphatic rings. The molecule has 10 heteroatoms. The molecule has 108 valence electrons. The van der Waals surface area contributed by atoms with Crippen LogP contribution in [0.1, 0.15) is 6.42 Å². The number of hydrogen-bond acceptors (Lipinski definition) is 9. The third-order valence-electron chi connectivity index (χ3n) is 2.03. The number of rotatable bonds is 7. The second-order valence-electron chi connectivity index (χ2n) is 3.44. The van der Waals surface area contributed by atoms with Crippen LogP contribution in [0.5, 0.6) is 0 Å². The Balaban J connectivity index is 0. The molecule has 0 unspecified atom stereocenters. The Morgan fingerprint density at radius 3 is 1.95 bits per heavy atom. The minimum atomic E-state index is -2.27. The normalized spacial score (nSPS) is 16.7. The van der Waals surface area contributed by atoms with Gasteiger partial charge in [-0.05, 0) is 0 Å². The summed E-state index contributed by atoms with van der Waals surface area (Å²) >= 11 is 0. The van der Waals surface area contributed by atoms with Crippen LogP contribution in [0.25, 0.3) is 0 Å². The number of hydrogen-bond donors (Lipinski definition) is 6. The molecule has 0 aliphatic carbocycles. The third kappa shape index (κ3) is 7.30. The second kappa shape index (κ2) is 10.7. The van der Waals surface area contributed by atoms with E-state index in [0.29, 0.717) is 0 Å². The summed E-state index contributed by atoms with van der Waals surface area (Å²) in [5.41, 5.74) is 0. The van der Waals surface area contributed by atoms with E-state index in [2.05, 4.69) is 4.74 Å². The predicted octanol–water partition coefficient (Wildman–Crippen LogP) is -4.77. The number of esters is 2. The van der Waals surface area contributed by atoms with Gasteiger partial charge in [-0.15, -0.1) is 0 Å². The van der Waals surface area contributed by atoms with E-state index < -0.39 is 56.0 Å². The van der Waals surface area contributed by atoms with Gasteiger partial charge in [0.15, 0.2) is 6.10 Å². The molecule has 6 N–H and O–H groups in total. The monoisotopic (exact) mass is 292 g/mol. The fourth-order valence-electron chi connectivity index (χ4n) is 0.977. The van der Waals surface area contributed by atoms with Crippen molar-refractivity contribution < 1.29 is 45.0 Å². The second-order valence-corrected chi connectivity index (χ2v) is 3.44. The molecule has 0 rings (SSSR count). The summed E-state index contributed by atoms with van der Waals surface area (Å²) in [4.78, 5) is 21.9. The maximum absolute atomic E-state index is 11.1. The molecule has 0 fully saturated rings. The average molecular weight is 292 g/mol. The van der Waals surface area contributed by atoms with Crippen molar-refractivity contribution >= 4 is 41.5 Å². The van der Waals surface area contributed by atoms with Crippen LogP contribution >= 0.6 is 0 Å². The molecule has 0 aromatic carbocycles. The molecule has 0 saturated heterocycles. The van der Waals surface area contributed by atoms with Gasteiger partial charge in [0, 0.05) is 0 Å². The van der Waals surface area contributed by atoms with Gasteiger partial charge in [-0.25, -0.2) is 4.79 Å². The predicted molar refractivity (Wildman–Crippen MR) is 61.1 cm³/mol. The molecule has 0 aromatic heterocycles. The zero-order chi connectivity index (χ0) is 14.3. The molecule has 9 nitrogen and oxygen atoms in total. The van der Waals surface area contributed by atoms with Gasteiger partial charge in [0.25, 0.3) is 0 Å². The molecule has 0 heterocycles. The van der Waals surface area contributed by atoms with Crippen molar-refractivity contribution in [2.24, 2.45) is 0 Å². The fraction of sp³-hybridized carbons (Fsp3) is 0.778. The van der Waals surface area contributed by atoms with Gasteiger partial charge >= 0.3 is 41.5 Å². The molecule has 0 bridgehead atoms. The molecule has 0 radical (unpaired) electrons. The van der Waals surface area contributed by atoms with E-state index in [1.807, 2.05) is 0 Å². The summed E-state index contributed by atoms with van der Waals surface area (Å²) in [5, 5.41) is 53.5. The Labute approximate surface area is 130 Å². The Hall–Kier alpha value is -0.100. The minimum absolute atomic E-state index is 0. The van der Waals surface area contributed by atoms with E-state index in [-0.39, 0.29) is 29.6 Å². The van der Waals surface area contributed by atoms with Crippen LogP contribution < -0.4 is 0 Å². The van der Waals surface area contributed by atoms with Crippen molar-refractivity contribution in [2.45, 2.75) is 30.8 Å². The van der Waals surface area contributed by atoms with E-state index in [1.165, 1.54) is 0 Å². The van der Waals surface area contributed by atoms with E-state index >= 15 is 0 Å². The molecular weight excluding hydrogens is 275 g/mol. The van der Waals surface area contributed by atoms with Crippen molar-refractivity contribution in [1.29, 1.82) is 0 Å². The van der Waals surface area contributed by atoms with Crippen LogP contribution in [0, 0.1) is 0 Å². The van der Waals surface area contributed by atoms with Gasteiger partial charge in [-0.1, -0.05) is 0 Å². The topological polar surface area (TPSA) is 165 Å². The third-order valence-corrected chi connectivity index (χ3v) is 2.03. The molecule has 4 atom stereocenters. The summed E-state index contributed by atoms with van der Waals surface area (Å²) in [6.45, 7) is -1.46. The van der Waals surface area contributed by atoms with Gasteiger partial charge < -0.3 is 35.4 Å². The summed E-state index contributed by atoms with van der Waals surface area (Å²) in [6, 6.07) is 0. The van der Waals surface area contributed by atoms with Crippen molar-refractivity contribution in [3.63, 3.8) is 0 Å². The number of carbonyl (C=O) groups is 2. The van der Waals surface area contributed by atoms with Crippen molar-refractivity contribution in [2.75, 3.05) is 13.2 Å². The maximum atomic E-state index is 11.1. The molecule has 0 amide bonds. The zero-order valence-corrected chi connectivity index (χ0v) is 9.34. The quantitative estimate of drug-likeness (QED) is 0.153. The summed E-state index contributed by atoms with van der Waals surface area (Å²) < 4.78 is 4.03. The Kier molecular flexibility index (Phi) is 11.9. The summed E-state index contributed by atoms with van der Waals surface area (Å²) in [5.74, 6) is -2.66. The van der Waals surface area contributed by atoms with Crippen LogP contribution in [0.3, 0.4) is 0 Å². The molecule has 0 aromatic rings. The first kappa shape index (κ1) is 21.2. The van der Waals surface area contributed by atoms with Crippen LogP contribution in [-0.2, 0) is 14.3 Å². The standard InChI is InChI=1S/C9H16O9.Na.H/c10-2-1-5(13)18-9(17)8(16)7(15)6(14)4(12)3-11;;/h4,6-8,10-12,14-16H,1-3H2;;/t4-,6-,7+,8-;;/m1../s1. The zero-order valence-electron chi connectivity index (χ0n) is 9.34. The Morgan fingerprint density at radius 1 is 1.00 bits per heavy atom. The Morgan fingerprint density at radius 2 is 1.53 bits per heavy atom. The fourth-order valence-corrected chi connectivity index (χ4v) is 0.977. The van der Waals surface area contributed by atoms with Gasteiger partial charge in [0.05, 0.1) is 19.6 Å². The summed E-state index contributed by atoms with van der Waals surface area (Å²) in [7, 11) is 0. The number of ether oxygens (including phenoxy) is 1. The van der Waals surface area contributed by atoms with Gasteiger partial charge in [0.2, 0.25) is 0 Å². The van der Waals surface area contributed by atoms with E-state index in [4.69, 9.17) is 15.3 Å². The van der Waals surface area contributed by atoms with E-state index in [9.17, 15) is 24.9 Å². The number of carbonyl (C=O) groups excluding carboxylic acids is 2. The SMILES string of the molecule is O=C(CCO)OC(=O)[C@H](O)[C@@H](O)[C@H](O)[C@H](O)CO.[NaH]. The van der Waals surface area contributed by atoms with Gasteiger partial charge in [-0.3, -0.25) is 4.79 Å². The first-order valence-electron chi connectivity index (χ1n) is 5.03. The molecule has 19 heavy (non-hydrogen) atoms. The first-order valence-corrected chi connectivity index (χ1v) is 5.03. The average Bonchev–Trinajstić information content (AvgIpc) is 2.35. The molecule has 0 aliphatic heterocycles. The number of aliphatic hydroxyl groups is 6. The van der Waals surface area contributed by atoms with E-state index in [1.54, 1.807) is 0 Å². The Bertz CT molecular complexity index is 285. The molecule has 0 saturated carbocycles. The first-order chi connectivity index (χ1) is 8.34. The van der Waals surface area contributed by atoms with Crippen LogP contribution in [0.15, 0.2) is 0 Å². The van der Waals surface area contributed by atoms with E-state index in [0.717, 1.165) is 0 Å². The van der Waals surface area contributed by atoms with Crippen molar-refractivity contribution in [3.8, 4) is 0 Å². The van der Waals surface area contributed by atoms with Crippen LogP contribution in [0.2, 0.25) is 0 Å². The molecular formula is C9H17NaO9. The summed E-state index contributed by atoms with van der Waals surface area (Å²) in [6.07, 6.45) is -8.65. The number of aliphatic hydroxyl groups excluding tert-OH is 6. The molecule has 0 spiro atoms. The van der Waals surface area contributed by atoms with Crippen molar-refractivity contribution in [1.82, 2.24) is 0 Å². The van der Waals surface area contributed by atoms with Gasteiger partial charge in [0.1, 0.15) is 18.3 Å². The van der Waals surface area contributed by atoms with Crippen LogP contribution in [0.4, 0.5) is 0 Å².